The molecule has 7 nitrogen and oxygen atoms in total. The molecule has 0 saturated carbocycles. The smallest absolute Gasteiger partial charge is 0.226 e. The molecule has 2 aromatic heterocycles. The third-order valence-electron chi connectivity index (χ3n) is 5.23. The molecule has 1 aliphatic rings. The zero-order chi connectivity index (χ0) is 19.8. The molecule has 146 valence electrons. The number of amides is 2. The van der Waals surface area contributed by atoms with Crippen molar-refractivity contribution in [3.63, 3.8) is 0 Å². The molecule has 8 heteroatoms. The molecule has 4 rings (SSSR count). The van der Waals surface area contributed by atoms with Gasteiger partial charge < -0.3 is 14.8 Å². The zero-order valence-electron chi connectivity index (χ0n) is 16.2. The molecular formula is C20H23N5O2S. The fourth-order valence-electron chi connectivity index (χ4n) is 3.83. The van der Waals surface area contributed by atoms with Crippen LogP contribution >= 0.6 is 11.3 Å². The number of aryl methyl sites for hydroxylation is 2. The van der Waals surface area contributed by atoms with E-state index in [1.165, 1.54) is 0 Å². The third kappa shape index (κ3) is 3.28. The monoisotopic (exact) mass is 397 g/mol. The lowest BCUT2D eigenvalue weighted by Gasteiger charge is -2.26. The molecular weight excluding hydrogens is 374 g/mol. The van der Waals surface area contributed by atoms with Gasteiger partial charge in [-0.3, -0.25) is 9.59 Å². The van der Waals surface area contributed by atoms with Crippen molar-refractivity contribution >= 4 is 33.4 Å². The van der Waals surface area contributed by atoms with Gasteiger partial charge in [-0.25, -0.2) is 9.97 Å². The highest BCUT2D eigenvalue weighted by molar-refractivity contribution is 7.18. The van der Waals surface area contributed by atoms with Crippen LogP contribution in [0.1, 0.15) is 35.8 Å². The summed E-state index contributed by atoms with van der Waals surface area (Å²) in [5, 5.41) is 3.85. The lowest BCUT2D eigenvalue weighted by molar-refractivity contribution is -0.129. The molecule has 2 atom stereocenters. The van der Waals surface area contributed by atoms with Gasteiger partial charge in [-0.1, -0.05) is 6.07 Å². The Labute approximate surface area is 167 Å². The van der Waals surface area contributed by atoms with Crippen molar-refractivity contribution in [1.29, 1.82) is 0 Å². The number of hydrogen-bond donors (Lipinski definition) is 1. The van der Waals surface area contributed by atoms with Crippen molar-refractivity contribution in [2.45, 2.75) is 32.9 Å². The number of likely N-dealkylation sites (tertiary alicyclic amines) is 1. The third-order valence-corrected chi connectivity index (χ3v) is 6.27. The lowest BCUT2D eigenvalue weighted by Crippen LogP contribution is -2.36. The number of imidazole rings is 1. The summed E-state index contributed by atoms with van der Waals surface area (Å²) in [6.07, 6.45) is 3.74. The maximum atomic E-state index is 13.0. The van der Waals surface area contributed by atoms with E-state index in [-0.39, 0.29) is 24.3 Å². The number of aromatic nitrogens is 3. The number of nitrogens with zero attached hydrogens (tertiary/aromatic N) is 4. The van der Waals surface area contributed by atoms with Crippen molar-refractivity contribution in [1.82, 2.24) is 24.8 Å². The molecule has 0 aliphatic carbocycles. The summed E-state index contributed by atoms with van der Waals surface area (Å²) < 4.78 is 2.98. The van der Waals surface area contributed by atoms with Crippen molar-refractivity contribution in [3.05, 3.63) is 47.0 Å². The van der Waals surface area contributed by atoms with Crippen molar-refractivity contribution in [2.24, 2.45) is 13.0 Å². The van der Waals surface area contributed by atoms with Gasteiger partial charge in [0, 0.05) is 32.4 Å². The van der Waals surface area contributed by atoms with E-state index in [4.69, 9.17) is 0 Å². The van der Waals surface area contributed by atoms with Gasteiger partial charge >= 0.3 is 0 Å². The second-order valence-corrected chi connectivity index (χ2v) is 8.24. The van der Waals surface area contributed by atoms with Gasteiger partial charge in [0.15, 0.2) is 0 Å². The molecule has 0 spiro atoms. The SMILES string of the molecule is CCN1C(=O)C[C@H](C(=O)NCc2nc3cc(C)ccc3s2)[C@H]1c1nccn1C. The fourth-order valence-corrected chi connectivity index (χ4v) is 4.72. The summed E-state index contributed by atoms with van der Waals surface area (Å²) in [5.74, 6) is 0.146. The number of nitrogens with one attached hydrogen (secondary N) is 1. The fraction of sp³-hybridized carbons (Fsp3) is 0.400. The average molecular weight is 398 g/mol. The molecule has 0 radical (unpaired) electrons. The van der Waals surface area contributed by atoms with Crippen LogP contribution in [0.4, 0.5) is 0 Å². The van der Waals surface area contributed by atoms with E-state index in [0.29, 0.717) is 13.1 Å². The van der Waals surface area contributed by atoms with E-state index < -0.39 is 5.92 Å². The summed E-state index contributed by atoms with van der Waals surface area (Å²) in [7, 11) is 1.89. The number of benzene rings is 1. The Kier molecular flexibility index (Phi) is 4.89. The molecule has 2 amide bonds. The Morgan fingerprint density at radius 3 is 2.93 bits per heavy atom. The largest absolute Gasteiger partial charge is 0.349 e. The first kappa shape index (κ1) is 18.6. The number of carbonyl (C=O) groups excluding carboxylic acids is 2. The van der Waals surface area contributed by atoms with Gasteiger partial charge in [0.25, 0.3) is 0 Å². The Balaban J connectivity index is 1.52. The van der Waals surface area contributed by atoms with E-state index in [0.717, 1.165) is 26.6 Å². The van der Waals surface area contributed by atoms with Crippen molar-refractivity contribution < 1.29 is 9.59 Å². The second kappa shape index (κ2) is 7.35. The van der Waals surface area contributed by atoms with Crippen LogP contribution in [0.3, 0.4) is 0 Å². The quantitative estimate of drug-likeness (QED) is 0.718. The van der Waals surface area contributed by atoms with Crippen molar-refractivity contribution in [3.8, 4) is 0 Å². The summed E-state index contributed by atoms with van der Waals surface area (Å²) >= 11 is 1.58. The first-order valence-electron chi connectivity index (χ1n) is 9.38. The van der Waals surface area contributed by atoms with Crippen LogP contribution in [0, 0.1) is 12.8 Å². The molecule has 0 unspecified atom stereocenters. The normalized spacial score (nSPS) is 19.5. The van der Waals surface area contributed by atoms with E-state index >= 15 is 0 Å². The number of thiazole rings is 1. The Hall–Kier alpha value is -2.74. The van der Waals surface area contributed by atoms with E-state index in [1.54, 1.807) is 22.4 Å². The van der Waals surface area contributed by atoms with Crippen LogP contribution in [-0.4, -0.2) is 37.8 Å². The first-order valence-corrected chi connectivity index (χ1v) is 10.2. The van der Waals surface area contributed by atoms with Gasteiger partial charge in [-0.05, 0) is 31.5 Å². The summed E-state index contributed by atoms with van der Waals surface area (Å²) in [6, 6.07) is 5.82. The Morgan fingerprint density at radius 2 is 2.21 bits per heavy atom. The number of rotatable bonds is 5. The predicted molar refractivity (Wildman–Crippen MR) is 108 cm³/mol. The summed E-state index contributed by atoms with van der Waals surface area (Å²) in [6.45, 7) is 4.88. The minimum atomic E-state index is -0.454. The highest BCUT2D eigenvalue weighted by Crippen LogP contribution is 2.37. The minimum Gasteiger partial charge on any atom is -0.349 e. The van der Waals surface area contributed by atoms with E-state index in [9.17, 15) is 9.59 Å². The number of hydrogen-bond acceptors (Lipinski definition) is 5. The molecule has 28 heavy (non-hydrogen) atoms. The Bertz CT molecular complexity index is 1040. The highest BCUT2D eigenvalue weighted by Gasteiger charge is 2.45. The maximum Gasteiger partial charge on any atom is 0.226 e. The topological polar surface area (TPSA) is 80.1 Å². The van der Waals surface area contributed by atoms with Crippen LogP contribution < -0.4 is 5.32 Å². The van der Waals surface area contributed by atoms with E-state index in [2.05, 4.69) is 27.4 Å². The molecule has 0 bridgehead atoms. The van der Waals surface area contributed by atoms with Gasteiger partial charge in [0.05, 0.1) is 22.7 Å². The van der Waals surface area contributed by atoms with Gasteiger partial charge in [0.2, 0.25) is 11.8 Å². The molecule has 1 aliphatic heterocycles. The van der Waals surface area contributed by atoms with Crippen LogP contribution in [0.25, 0.3) is 10.2 Å². The van der Waals surface area contributed by atoms with Gasteiger partial charge in [-0.15, -0.1) is 11.3 Å². The van der Waals surface area contributed by atoms with E-state index in [1.807, 2.05) is 37.7 Å². The number of fused-ring (bicyclic) bond motifs is 1. The summed E-state index contributed by atoms with van der Waals surface area (Å²) in [5.41, 5.74) is 2.11. The molecule has 1 aromatic carbocycles. The van der Waals surface area contributed by atoms with Crippen LogP contribution in [0.15, 0.2) is 30.6 Å². The average Bonchev–Trinajstić information content (AvgIpc) is 3.35. The molecule has 1 N–H and O–H groups in total. The molecule has 1 fully saturated rings. The minimum absolute atomic E-state index is 0.00823. The molecule has 1 saturated heterocycles. The van der Waals surface area contributed by atoms with Gasteiger partial charge in [-0.2, -0.15) is 0 Å². The summed E-state index contributed by atoms with van der Waals surface area (Å²) in [4.78, 5) is 36.2. The van der Waals surface area contributed by atoms with Gasteiger partial charge in [0.1, 0.15) is 16.9 Å². The van der Waals surface area contributed by atoms with Crippen molar-refractivity contribution in [2.75, 3.05) is 6.54 Å². The van der Waals surface area contributed by atoms with Crippen LogP contribution in [0.2, 0.25) is 0 Å². The Morgan fingerprint density at radius 1 is 1.39 bits per heavy atom. The zero-order valence-corrected chi connectivity index (χ0v) is 17.0. The first-order chi connectivity index (χ1) is 13.5. The highest BCUT2D eigenvalue weighted by atomic mass is 32.1. The van der Waals surface area contributed by atoms with Crippen LogP contribution in [0.5, 0.6) is 0 Å². The van der Waals surface area contributed by atoms with Crippen LogP contribution in [-0.2, 0) is 23.2 Å². The second-order valence-electron chi connectivity index (χ2n) is 7.13. The molecule has 3 aromatic rings. The molecule has 3 heterocycles. The maximum absolute atomic E-state index is 13.0. The predicted octanol–water partition coefficient (Wildman–Crippen LogP) is 2.56. The number of carbonyl (C=O) groups is 2. The lowest BCUT2D eigenvalue weighted by atomic mass is 9.98. The standard InChI is InChI=1S/C20H23N5O2S/c1-4-25-17(26)10-13(18(25)19-21-7-8-24(19)3)20(27)22-11-16-23-14-9-12(2)5-6-15(14)28-16/h5-9,13,18H,4,10-11H2,1-3H3,(H,22,27)/t13-,18-/m0/s1.